The Morgan fingerprint density at radius 2 is 2.00 bits per heavy atom. The Morgan fingerprint density at radius 1 is 1.31 bits per heavy atom. The minimum absolute atomic E-state index is 0.0984. The molecule has 0 bridgehead atoms. The smallest absolute Gasteiger partial charge is 0.125 e. The SMILES string of the molecule is OCC/C=C(\F)C(O)CCc1ccccc1. The first-order chi connectivity index (χ1) is 7.74. The summed E-state index contributed by atoms with van der Waals surface area (Å²) in [5, 5.41) is 18.0. The summed E-state index contributed by atoms with van der Waals surface area (Å²) in [5.74, 6) is -0.551. The summed E-state index contributed by atoms with van der Waals surface area (Å²) in [6, 6.07) is 9.64. The number of hydrogen-bond acceptors (Lipinski definition) is 2. The van der Waals surface area contributed by atoms with Gasteiger partial charge in [-0.25, -0.2) is 4.39 Å². The Bertz CT molecular complexity index is 322. The number of rotatable bonds is 6. The zero-order valence-corrected chi connectivity index (χ0v) is 9.14. The Hall–Kier alpha value is -1.19. The molecule has 0 aliphatic carbocycles. The molecule has 0 aromatic heterocycles. The molecule has 0 saturated heterocycles. The first-order valence-electron chi connectivity index (χ1n) is 5.42. The van der Waals surface area contributed by atoms with Crippen LogP contribution in [-0.4, -0.2) is 22.9 Å². The largest absolute Gasteiger partial charge is 0.396 e. The summed E-state index contributed by atoms with van der Waals surface area (Å²) in [7, 11) is 0. The molecule has 1 rings (SSSR count). The highest BCUT2D eigenvalue weighted by molar-refractivity contribution is 5.15. The number of aliphatic hydroxyl groups is 2. The molecule has 2 N–H and O–H groups in total. The number of hydrogen-bond donors (Lipinski definition) is 2. The predicted octanol–water partition coefficient (Wildman–Crippen LogP) is 2.22. The minimum atomic E-state index is -1.06. The van der Waals surface area contributed by atoms with Crippen molar-refractivity contribution in [3.63, 3.8) is 0 Å². The summed E-state index contributed by atoms with van der Waals surface area (Å²) in [5.41, 5.74) is 1.08. The molecule has 0 radical (unpaired) electrons. The third kappa shape index (κ3) is 4.55. The van der Waals surface area contributed by atoms with Crippen molar-refractivity contribution in [2.75, 3.05) is 6.61 Å². The third-order valence-corrected chi connectivity index (χ3v) is 2.34. The van der Waals surface area contributed by atoms with Crippen molar-refractivity contribution in [1.29, 1.82) is 0 Å². The summed E-state index contributed by atoms with van der Waals surface area (Å²) >= 11 is 0. The van der Waals surface area contributed by atoms with Crippen LogP contribution in [0.2, 0.25) is 0 Å². The van der Waals surface area contributed by atoms with Gasteiger partial charge < -0.3 is 10.2 Å². The quantitative estimate of drug-likeness (QED) is 0.777. The molecule has 0 fully saturated rings. The summed E-state index contributed by atoms with van der Waals surface area (Å²) in [6.07, 6.45) is 1.41. The van der Waals surface area contributed by atoms with E-state index in [0.29, 0.717) is 12.8 Å². The van der Waals surface area contributed by atoms with Crippen LogP contribution in [0.4, 0.5) is 4.39 Å². The van der Waals surface area contributed by atoms with Gasteiger partial charge in [-0.1, -0.05) is 30.3 Å². The van der Waals surface area contributed by atoms with E-state index >= 15 is 0 Å². The van der Waals surface area contributed by atoms with E-state index in [1.165, 1.54) is 6.08 Å². The van der Waals surface area contributed by atoms with Gasteiger partial charge in [-0.05, 0) is 30.9 Å². The van der Waals surface area contributed by atoms with E-state index in [2.05, 4.69) is 0 Å². The normalized spacial score (nSPS) is 13.8. The van der Waals surface area contributed by atoms with Crippen LogP contribution in [0.15, 0.2) is 42.2 Å². The molecule has 0 aliphatic heterocycles. The topological polar surface area (TPSA) is 40.5 Å². The van der Waals surface area contributed by atoms with E-state index in [1.807, 2.05) is 30.3 Å². The van der Waals surface area contributed by atoms with Crippen LogP contribution >= 0.6 is 0 Å². The van der Waals surface area contributed by atoms with Gasteiger partial charge in [-0.3, -0.25) is 0 Å². The number of aliphatic hydroxyl groups excluding tert-OH is 2. The Kier molecular flexibility index (Phi) is 5.75. The van der Waals surface area contributed by atoms with Crippen molar-refractivity contribution in [2.45, 2.75) is 25.4 Å². The van der Waals surface area contributed by atoms with Crippen LogP contribution in [0, 0.1) is 0 Å². The molecule has 0 heterocycles. The van der Waals surface area contributed by atoms with Gasteiger partial charge in [0.05, 0.1) is 0 Å². The molecule has 0 amide bonds. The van der Waals surface area contributed by atoms with Crippen molar-refractivity contribution in [2.24, 2.45) is 0 Å². The van der Waals surface area contributed by atoms with E-state index in [0.717, 1.165) is 5.56 Å². The maximum Gasteiger partial charge on any atom is 0.125 e. The van der Waals surface area contributed by atoms with Crippen molar-refractivity contribution in [3.05, 3.63) is 47.8 Å². The fourth-order valence-electron chi connectivity index (χ4n) is 1.42. The minimum Gasteiger partial charge on any atom is -0.396 e. The van der Waals surface area contributed by atoms with Gasteiger partial charge in [0, 0.05) is 6.61 Å². The van der Waals surface area contributed by atoms with E-state index in [4.69, 9.17) is 5.11 Å². The Balaban J connectivity index is 2.38. The molecule has 16 heavy (non-hydrogen) atoms. The summed E-state index contributed by atoms with van der Waals surface area (Å²) < 4.78 is 13.2. The Morgan fingerprint density at radius 3 is 2.62 bits per heavy atom. The van der Waals surface area contributed by atoms with Crippen molar-refractivity contribution in [3.8, 4) is 0 Å². The molecule has 1 aromatic rings. The first-order valence-corrected chi connectivity index (χ1v) is 5.42. The number of halogens is 1. The second-order valence-corrected chi connectivity index (χ2v) is 3.64. The van der Waals surface area contributed by atoms with Crippen molar-refractivity contribution < 1.29 is 14.6 Å². The van der Waals surface area contributed by atoms with Gasteiger partial charge in [0.2, 0.25) is 0 Å². The lowest BCUT2D eigenvalue weighted by atomic mass is 10.1. The average molecular weight is 224 g/mol. The van der Waals surface area contributed by atoms with Crippen LogP contribution in [0.3, 0.4) is 0 Å². The van der Waals surface area contributed by atoms with Gasteiger partial charge in [0.25, 0.3) is 0 Å². The molecule has 1 unspecified atom stereocenters. The summed E-state index contributed by atoms with van der Waals surface area (Å²) in [4.78, 5) is 0. The van der Waals surface area contributed by atoms with Crippen LogP contribution in [0.5, 0.6) is 0 Å². The summed E-state index contributed by atoms with van der Waals surface area (Å²) in [6.45, 7) is -0.0984. The zero-order chi connectivity index (χ0) is 11.8. The highest BCUT2D eigenvalue weighted by Crippen LogP contribution is 2.12. The molecular formula is C13H17FO2. The maximum absolute atomic E-state index is 13.2. The first kappa shape index (κ1) is 12.9. The standard InChI is InChI=1S/C13H17FO2/c14-12(7-4-10-15)13(16)9-8-11-5-2-1-3-6-11/h1-3,5-7,13,15-16H,4,8-10H2/b12-7-. The second kappa shape index (κ2) is 7.14. The molecule has 1 aromatic carbocycles. The highest BCUT2D eigenvalue weighted by atomic mass is 19.1. The lowest BCUT2D eigenvalue weighted by Crippen LogP contribution is -2.08. The molecular weight excluding hydrogens is 207 g/mol. The van der Waals surface area contributed by atoms with Gasteiger partial charge in [-0.2, -0.15) is 0 Å². The lowest BCUT2D eigenvalue weighted by Gasteiger charge is -2.08. The van der Waals surface area contributed by atoms with E-state index in [-0.39, 0.29) is 13.0 Å². The third-order valence-electron chi connectivity index (χ3n) is 2.34. The molecule has 3 heteroatoms. The molecule has 0 spiro atoms. The van der Waals surface area contributed by atoms with Gasteiger partial charge in [-0.15, -0.1) is 0 Å². The molecule has 88 valence electrons. The monoisotopic (exact) mass is 224 g/mol. The van der Waals surface area contributed by atoms with Gasteiger partial charge >= 0.3 is 0 Å². The molecule has 0 saturated carbocycles. The van der Waals surface area contributed by atoms with Crippen LogP contribution in [0.25, 0.3) is 0 Å². The molecule has 1 atom stereocenters. The fraction of sp³-hybridized carbons (Fsp3) is 0.385. The predicted molar refractivity (Wildman–Crippen MR) is 61.7 cm³/mol. The second-order valence-electron chi connectivity index (χ2n) is 3.64. The Labute approximate surface area is 95.1 Å². The number of aryl methyl sites for hydroxylation is 1. The van der Waals surface area contributed by atoms with Crippen molar-refractivity contribution in [1.82, 2.24) is 0 Å². The highest BCUT2D eigenvalue weighted by Gasteiger charge is 2.09. The van der Waals surface area contributed by atoms with E-state index < -0.39 is 11.9 Å². The van der Waals surface area contributed by atoms with Crippen LogP contribution in [-0.2, 0) is 6.42 Å². The maximum atomic E-state index is 13.2. The molecule has 2 nitrogen and oxygen atoms in total. The lowest BCUT2D eigenvalue weighted by molar-refractivity contribution is 0.172. The molecule has 0 aliphatic rings. The fourth-order valence-corrected chi connectivity index (χ4v) is 1.42. The van der Waals surface area contributed by atoms with Crippen LogP contribution < -0.4 is 0 Å². The average Bonchev–Trinajstić information content (AvgIpc) is 2.34. The van der Waals surface area contributed by atoms with Gasteiger partial charge in [0.1, 0.15) is 11.9 Å². The van der Waals surface area contributed by atoms with E-state index in [1.54, 1.807) is 0 Å². The van der Waals surface area contributed by atoms with Gasteiger partial charge in [0.15, 0.2) is 0 Å². The van der Waals surface area contributed by atoms with E-state index in [9.17, 15) is 9.50 Å². The van der Waals surface area contributed by atoms with Crippen molar-refractivity contribution >= 4 is 0 Å². The number of benzene rings is 1. The van der Waals surface area contributed by atoms with Crippen LogP contribution in [0.1, 0.15) is 18.4 Å². The zero-order valence-electron chi connectivity index (χ0n) is 9.14.